The van der Waals surface area contributed by atoms with Gasteiger partial charge in [-0.3, -0.25) is 4.79 Å². The van der Waals surface area contributed by atoms with E-state index in [0.717, 1.165) is 40.8 Å². The fraction of sp³-hybridized carbons (Fsp3) is 0.321. The van der Waals surface area contributed by atoms with Gasteiger partial charge in [0.1, 0.15) is 5.75 Å². The summed E-state index contributed by atoms with van der Waals surface area (Å²) in [6, 6.07) is 17.4. The van der Waals surface area contributed by atoms with Gasteiger partial charge in [0.2, 0.25) is 0 Å². The molecule has 8 heteroatoms. The maximum atomic E-state index is 13.1. The predicted octanol–water partition coefficient (Wildman–Crippen LogP) is 3.94. The average molecular weight is 487 g/mol. The molecule has 1 fully saturated rings. The second-order valence-electron chi connectivity index (χ2n) is 9.28. The SMILES string of the molecule is COc1ccc(C2(CNC(=O)c3cc4ncc(-c5ccc(C(C)O)cc5)cn4n3)CCOCC2)cc1. The molecule has 1 atom stereocenters. The minimum Gasteiger partial charge on any atom is -0.497 e. The van der Waals surface area contributed by atoms with Gasteiger partial charge in [0.25, 0.3) is 5.91 Å². The van der Waals surface area contributed by atoms with Gasteiger partial charge in [0.15, 0.2) is 11.3 Å². The topological polar surface area (TPSA) is 98.0 Å². The highest BCUT2D eigenvalue weighted by Gasteiger charge is 2.35. The molecule has 5 rings (SSSR count). The van der Waals surface area contributed by atoms with Crippen LogP contribution >= 0.6 is 0 Å². The Morgan fingerprint density at radius 3 is 2.53 bits per heavy atom. The summed E-state index contributed by atoms with van der Waals surface area (Å²) in [5.74, 6) is 0.572. The van der Waals surface area contributed by atoms with Crippen molar-refractivity contribution >= 4 is 11.6 Å². The number of rotatable bonds is 7. The molecule has 2 N–H and O–H groups in total. The zero-order valence-corrected chi connectivity index (χ0v) is 20.5. The molecule has 0 saturated carbocycles. The van der Waals surface area contributed by atoms with Crippen LogP contribution in [-0.4, -0.2) is 52.5 Å². The minimum atomic E-state index is -0.517. The molecule has 2 aromatic carbocycles. The van der Waals surface area contributed by atoms with Gasteiger partial charge in [-0.15, -0.1) is 0 Å². The Morgan fingerprint density at radius 1 is 1.14 bits per heavy atom. The van der Waals surface area contributed by atoms with E-state index in [2.05, 4.69) is 27.5 Å². The van der Waals surface area contributed by atoms with E-state index < -0.39 is 6.10 Å². The molecule has 1 amide bonds. The summed E-state index contributed by atoms with van der Waals surface area (Å²) in [5, 5.41) is 17.3. The first-order valence-electron chi connectivity index (χ1n) is 12.1. The monoisotopic (exact) mass is 486 g/mol. The van der Waals surface area contributed by atoms with Crippen LogP contribution in [0.5, 0.6) is 5.75 Å². The van der Waals surface area contributed by atoms with Crippen LogP contribution in [-0.2, 0) is 10.2 Å². The van der Waals surface area contributed by atoms with Crippen molar-refractivity contribution in [1.29, 1.82) is 0 Å². The Balaban J connectivity index is 1.33. The Hall–Kier alpha value is -3.75. The lowest BCUT2D eigenvalue weighted by Crippen LogP contribution is -2.44. The van der Waals surface area contributed by atoms with Gasteiger partial charge < -0.3 is 19.9 Å². The maximum absolute atomic E-state index is 13.1. The molecule has 3 heterocycles. The molecule has 1 aliphatic rings. The number of aliphatic hydroxyl groups is 1. The van der Waals surface area contributed by atoms with Gasteiger partial charge in [-0.05, 0) is 48.6 Å². The summed E-state index contributed by atoms with van der Waals surface area (Å²) in [5.41, 5.74) is 4.55. The van der Waals surface area contributed by atoms with Gasteiger partial charge in [-0.2, -0.15) is 5.10 Å². The summed E-state index contributed by atoms with van der Waals surface area (Å²) in [6.45, 7) is 3.53. The van der Waals surface area contributed by atoms with E-state index in [-0.39, 0.29) is 11.3 Å². The van der Waals surface area contributed by atoms with Crippen LogP contribution in [0, 0.1) is 0 Å². The fourth-order valence-electron chi connectivity index (χ4n) is 4.71. The summed E-state index contributed by atoms with van der Waals surface area (Å²) < 4.78 is 12.5. The lowest BCUT2D eigenvalue weighted by atomic mass is 9.74. The third kappa shape index (κ3) is 4.82. The number of aromatic nitrogens is 3. The lowest BCUT2D eigenvalue weighted by molar-refractivity contribution is 0.0486. The smallest absolute Gasteiger partial charge is 0.271 e. The third-order valence-electron chi connectivity index (χ3n) is 7.01. The highest BCUT2D eigenvalue weighted by Crippen LogP contribution is 2.35. The van der Waals surface area contributed by atoms with Crippen molar-refractivity contribution in [2.24, 2.45) is 0 Å². The Morgan fingerprint density at radius 2 is 1.86 bits per heavy atom. The molecular weight excluding hydrogens is 456 g/mol. The Bertz CT molecular complexity index is 1340. The summed E-state index contributed by atoms with van der Waals surface area (Å²) in [4.78, 5) is 17.6. The van der Waals surface area contributed by atoms with E-state index in [1.54, 1.807) is 30.8 Å². The molecular formula is C28H30N4O4. The second kappa shape index (κ2) is 10.1. The van der Waals surface area contributed by atoms with Crippen LogP contribution in [0.1, 0.15) is 47.5 Å². The quantitative estimate of drug-likeness (QED) is 0.411. The maximum Gasteiger partial charge on any atom is 0.271 e. The van der Waals surface area contributed by atoms with Crippen molar-refractivity contribution in [3.8, 4) is 16.9 Å². The molecule has 8 nitrogen and oxygen atoms in total. The number of benzene rings is 2. The number of aliphatic hydroxyl groups excluding tert-OH is 1. The predicted molar refractivity (Wildman–Crippen MR) is 136 cm³/mol. The van der Waals surface area contributed by atoms with Crippen LogP contribution in [0.25, 0.3) is 16.8 Å². The van der Waals surface area contributed by atoms with E-state index in [1.165, 1.54) is 0 Å². The number of fused-ring (bicyclic) bond motifs is 1. The number of nitrogens with one attached hydrogen (secondary N) is 1. The van der Waals surface area contributed by atoms with Gasteiger partial charge >= 0.3 is 0 Å². The first kappa shape index (κ1) is 24.0. The molecule has 186 valence electrons. The first-order chi connectivity index (χ1) is 17.5. The molecule has 0 spiro atoms. The Labute approximate surface area is 209 Å². The number of nitrogens with zero attached hydrogens (tertiary/aromatic N) is 3. The zero-order valence-electron chi connectivity index (χ0n) is 20.5. The van der Waals surface area contributed by atoms with Crippen LogP contribution in [0.4, 0.5) is 0 Å². The normalized spacial score (nSPS) is 16.0. The third-order valence-corrected chi connectivity index (χ3v) is 7.01. The molecule has 1 saturated heterocycles. The van der Waals surface area contributed by atoms with Gasteiger partial charge in [0, 0.05) is 49.2 Å². The second-order valence-corrected chi connectivity index (χ2v) is 9.28. The Kier molecular flexibility index (Phi) is 6.71. The molecule has 0 aliphatic carbocycles. The highest BCUT2D eigenvalue weighted by molar-refractivity contribution is 5.93. The van der Waals surface area contributed by atoms with Crippen LogP contribution in [0.15, 0.2) is 67.0 Å². The van der Waals surface area contributed by atoms with Gasteiger partial charge in [-0.1, -0.05) is 36.4 Å². The summed E-state index contributed by atoms with van der Waals surface area (Å²) in [7, 11) is 1.65. The van der Waals surface area contributed by atoms with Crippen molar-refractivity contribution < 1.29 is 19.4 Å². The minimum absolute atomic E-state index is 0.205. The van der Waals surface area contributed by atoms with Crippen LogP contribution < -0.4 is 10.1 Å². The van der Waals surface area contributed by atoms with E-state index in [9.17, 15) is 9.90 Å². The molecule has 36 heavy (non-hydrogen) atoms. The number of ether oxygens (including phenoxy) is 2. The van der Waals surface area contributed by atoms with Crippen LogP contribution in [0.3, 0.4) is 0 Å². The molecule has 0 bridgehead atoms. The number of amides is 1. The van der Waals surface area contributed by atoms with Crippen molar-refractivity contribution in [3.05, 3.63) is 83.8 Å². The van der Waals surface area contributed by atoms with Crippen LogP contribution in [0.2, 0.25) is 0 Å². The molecule has 1 unspecified atom stereocenters. The number of carbonyl (C=O) groups is 1. The van der Waals surface area contributed by atoms with Crippen molar-refractivity contribution in [3.63, 3.8) is 0 Å². The van der Waals surface area contributed by atoms with Gasteiger partial charge in [-0.25, -0.2) is 9.50 Å². The van der Waals surface area contributed by atoms with E-state index in [4.69, 9.17) is 9.47 Å². The lowest BCUT2D eigenvalue weighted by Gasteiger charge is -2.38. The molecule has 4 aromatic rings. The summed E-state index contributed by atoms with van der Waals surface area (Å²) in [6.07, 6.45) is 4.74. The molecule has 2 aromatic heterocycles. The van der Waals surface area contributed by atoms with E-state index in [0.29, 0.717) is 31.1 Å². The van der Waals surface area contributed by atoms with Crippen molar-refractivity contribution in [2.45, 2.75) is 31.3 Å². The number of carbonyl (C=O) groups excluding carboxylic acids is 1. The largest absolute Gasteiger partial charge is 0.497 e. The fourth-order valence-corrected chi connectivity index (χ4v) is 4.71. The average Bonchev–Trinajstić information content (AvgIpc) is 3.36. The van der Waals surface area contributed by atoms with E-state index in [1.807, 2.05) is 42.6 Å². The first-order valence-corrected chi connectivity index (χ1v) is 12.1. The number of hydrogen-bond acceptors (Lipinski definition) is 6. The van der Waals surface area contributed by atoms with Crippen molar-refractivity contribution in [1.82, 2.24) is 19.9 Å². The standard InChI is InChI=1S/C28H30N4O4/c1-19(33)20-3-5-21(6-4-20)22-16-29-26-15-25(31-32(26)17-22)27(34)30-18-28(11-13-36-14-12-28)23-7-9-24(35-2)10-8-23/h3-10,15-17,19,33H,11-14,18H2,1-2H3,(H,30,34). The van der Waals surface area contributed by atoms with E-state index >= 15 is 0 Å². The number of hydrogen-bond donors (Lipinski definition) is 2. The van der Waals surface area contributed by atoms with Gasteiger partial charge in [0.05, 0.1) is 13.2 Å². The highest BCUT2D eigenvalue weighted by atomic mass is 16.5. The van der Waals surface area contributed by atoms with Crippen molar-refractivity contribution in [2.75, 3.05) is 26.9 Å². The number of methoxy groups -OCH3 is 1. The zero-order chi connectivity index (χ0) is 25.1. The molecule has 1 aliphatic heterocycles. The molecule has 0 radical (unpaired) electrons. The summed E-state index contributed by atoms with van der Waals surface area (Å²) >= 11 is 0.